The molecular weight excluding hydrogens is 338 g/mol. The number of hydrogen-bond acceptors (Lipinski definition) is 4. The van der Waals surface area contributed by atoms with Crippen LogP contribution in [-0.4, -0.2) is 40.8 Å². The minimum Gasteiger partial charge on any atom is -0.248 e. The minimum absolute atomic E-state index is 0.0925. The first kappa shape index (κ1) is 15.6. The maximum absolute atomic E-state index is 13.3. The topological polar surface area (TPSA) is 68.1 Å². The molecule has 0 N–H and O–H groups in total. The van der Waals surface area contributed by atoms with Gasteiger partial charge in [0.15, 0.2) is 11.6 Å². The maximum atomic E-state index is 13.3. The first-order valence-electron chi connectivity index (χ1n) is 7.82. The third kappa shape index (κ3) is 2.71. The summed E-state index contributed by atoms with van der Waals surface area (Å²) in [5.41, 5.74) is 0.955. The first-order valence-corrected chi connectivity index (χ1v) is 9.26. The Balaban J connectivity index is 1.53. The monoisotopic (exact) mass is 354 g/mol. The van der Waals surface area contributed by atoms with Gasteiger partial charge in [0.25, 0.3) is 0 Å². The lowest BCUT2D eigenvalue weighted by atomic mass is 10.2. The van der Waals surface area contributed by atoms with E-state index < -0.39 is 21.7 Å². The highest BCUT2D eigenvalue weighted by Gasteiger charge is 2.35. The lowest BCUT2D eigenvalue weighted by Crippen LogP contribution is -2.29. The molecule has 1 atom stereocenters. The number of sulfonamides is 1. The quantitative estimate of drug-likeness (QED) is 0.843. The fraction of sp³-hybridized carbons (Fsp3) is 0.467. The number of halogens is 2. The molecule has 9 heteroatoms. The number of rotatable bonds is 4. The molecule has 6 nitrogen and oxygen atoms in total. The number of benzene rings is 1. The van der Waals surface area contributed by atoms with Crippen LogP contribution in [0.25, 0.3) is 0 Å². The van der Waals surface area contributed by atoms with Crippen LogP contribution in [0.3, 0.4) is 0 Å². The molecule has 0 radical (unpaired) electrons. The Hall–Kier alpha value is -1.87. The van der Waals surface area contributed by atoms with Gasteiger partial charge in [0, 0.05) is 25.2 Å². The molecule has 0 spiro atoms. The van der Waals surface area contributed by atoms with Gasteiger partial charge in [-0.1, -0.05) is 5.21 Å². The Morgan fingerprint density at radius 2 is 1.92 bits per heavy atom. The van der Waals surface area contributed by atoms with Crippen molar-refractivity contribution in [2.45, 2.75) is 36.1 Å². The number of aromatic nitrogens is 3. The minimum atomic E-state index is -3.85. The van der Waals surface area contributed by atoms with Crippen molar-refractivity contribution in [3.8, 4) is 0 Å². The maximum Gasteiger partial charge on any atom is 0.243 e. The summed E-state index contributed by atoms with van der Waals surface area (Å²) in [6.45, 7) is 0.555. The molecule has 1 aliphatic carbocycles. The summed E-state index contributed by atoms with van der Waals surface area (Å²) in [5, 5.41) is 8.25. The predicted octanol–water partition coefficient (Wildman–Crippen LogP) is 2.07. The van der Waals surface area contributed by atoms with Gasteiger partial charge in [-0.25, -0.2) is 21.9 Å². The Morgan fingerprint density at radius 3 is 2.62 bits per heavy atom. The SMILES string of the molecule is O=S(=O)(c1ccc(F)c(F)c1)N1CCC(n2cc(C3CC3)nn2)C1. The van der Waals surface area contributed by atoms with Crippen molar-refractivity contribution >= 4 is 10.0 Å². The molecule has 2 aromatic rings. The van der Waals surface area contributed by atoms with Gasteiger partial charge in [-0.2, -0.15) is 4.31 Å². The van der Waals surface area contributed by atoms with Crippen LogP contribution < -0.4 is 0 Å². The molecule has 1 saturated carbocycles. The summed E-state index contributed by atoms with van der Waals surface area (Å²) < 4.78 is 54.5. The highest BCUT2D eigenvalue weighted by atomic mass is 32.2. The molecule has 2 fully saturated rings. The van der Waals surface area contributed by atoms with E-state index in [1.165, 1.54) is 4.31 Å². The molecule has 1 aromatic heterocycles. The molecule has 1 aliphatic heterocycles. The fourth-order valence-corrected chi connectivity index (χ4v) is 4.47. The van der Waals surface area contributed by atoms with Crippen molar-refractivity contribution < 1.29 is 17.2 Å². The molecular formula is C15H16F2N4O2S. The van der Waals surface area contributed by atoms with Crippen LogP contribution in [0.4, 0.5) is 8.78 Å². The van der Waals surface area contributed by atoms with Crippen molar-refractivity contribution in [2.24, 2.45) is 0 Å². The van der Waals surface area contributed by atoms with E-state index in [4.69, 9.17) is 0 Å². The van der Waals surface area contributed by atoms with Crippen LogP contribution in [-0.2, 0) is 10.0 Å². The molecule has 0 amide bonds. The van der Waals surface area contributed by atoms with E-state index in [0.717, 1.165) is 36.7 Å². The Kier molecular flexibility index (Phi) is 3.65. The zero-order valence-electron chi connectivity index (χ0n) is 12.8. The summed E-state index contributed by atoms with van der Waals surface area (Å²) in [6.07, 6.45) is 4.74. The zero-order valence-corrected chi connectivity index (χ0v) is 13.6. The smallest absolute Gasteiger partial charge is 0.243 e. The van der Waals surface area contributed by atoms with Crippen LogP contribution in [0.15, 0.2) is 29.3 Å². The molecule has 1 saturated heterocycles. The van der Waals surface area contributed by atoms with Crippen LogP contribution in [0.2, 0.25) is 0 Å². The van der Waals surface area contributed by atoms with Gasteiger partial charge < -0.3 is 0 Å². The van der Waals surface area contributed by atoms with Gasteiger partial charge in [0.05, 0.1) is 16.6 Å². The summed E-state index contributed by atoms with van der Waals surface area (Å²) in [4.78, 5) is -0.237. The second-order valence-corrected chi connectivity index (χ2v) is 8.22. The molecule has 0 bridgehead atoms. The highest BCUT2D eigenvalue weighted by Crippen LogP contribution is 2.39. The summed E-state index contributed by atoms with van der Waals surface area (Å²) in [6, 6.07) is 2.54. The largest absolute Gasteiger partial charge is 0.248 e. The van der Waals surface area contributed by atoms with Crippen molar-refractivity contribution in [3.63, 3.8) is 0 Å². The van der Waals surface area contributed by atoms with Crippen molar-refractivity contribution in [3.05, 3.63) is 41.7 Å². The fourth-order valence-electron chi connectivity index (χ4n) is 2.97. The predicted molar refractivity (Wildman–Crippen MR) is 80.8 cm³/mol. The average molecular weight is 354 g/mol. The number of hydrogen-bond donors (Lipinski definition) is 0. The van der Waals surface area contributed by atoms with E-state index in [2.05, 4.69) is 10.3 Å². The lowest BCUT2D eigenvalue weighted by molar-refractivity contribution is 0.427. The molecule has 2 aliphatic rings. The molecule has 24 heavy (non-hydrogen) atoms. The van der Waals surface area contributed by atoms with E-state index in [9.17, 15) is 17.2 Å². The molecule has 1 aromatic carbocycles. The third-order valence-corrected chi connectivity index (χ3v) is 6.41. The van der Waals surface area contributed by atoms with Gasteiger partial charge >= 0.3 is 0 Å². The lowest BCUT2D eigenvalue weighted by Gasteiger charge is -2.16. The summed E-state index contributed by atoms with van der Waals surface area (Å²) >= 11 is 0. The van der Waals surface area contributed by atoms with Gasteiger partial charge in [-0.15, -0.1) is 5.10 Å². The Bertz CT molecular complexity index is 879. The number of nitrogens with zero attached hydrogens (tertiary/aromatic N) is 4. The molecule has 1 unspecified atom stereocenters. The molecule has 4 rings (SSSR count). The zero-order chi connectivity index (χ0) is 16.9. The van der Waals surface area contributed by atoms with E-state index in [0.29, 0.717) is 18.9 Å². The Morgan fingerprint density at radius 1 is 1.12 bits per heavy atom. The van der Waals surface area contributed by atoms with Crippen LogP contribution >= 0.6 is 0 Å². The van der Waals surface area contributed by atoms with Gasteiger partial charge in [0.2, 0.25) is 10.0 Å². The van der Waals surface area contributed by atoms with E-state index in [1.54, 1.807) is 4.68 Å². The van der Waals surface area contributed by atoms with Crippen LogP contribution in [0.1, 0.15) is 36.9 Å². The van der Waals surface area contributed by atoms with E-state index >= 15 is 0 Å². The van der Waals surface area contributed by atoms with Gasteiger partial charge in [-0.05, 0) is 37.5 Å². The second-order valence-electron chi connectivity index (χ2n) is 6.28. The van der Waals surface area contributed by atoms with Crippen molar-refractivity contribution in [1.82, 2.24) is 19.3 Å². The summed E-state index contributed by atoms with van der Waals surface area (Å²) in [7, 11) is -3.85. The Labute approximate surface area is 138 Å². The van der Waals surface area contributed by atoms with Crippen LogP contribution in [0.5, 0.6) is 0 Å². The van der Waals surface area contributed by atoms with E-state index in [-0.39, 0.29) is 17.5 Å². The first-order chi connectivity index (χ1) is 11.4. The van der Waals surface area contributed by atoms with Crippen LogP contribution in [0, 0.1) is 11.6 Å². The third-order valence-electron chi connectivity index (χ3n) is 4.55. The molecule has 2 heterocycles. The average Bonchev–Trinajstić information content (AvgIpc) is 3.09. The van der Waals surface area contributed by atoms with Gasteiger partial charge in [-0.3, -0.25) is 0 Å². The van der Waals surface area contributed by atoms with E-state index in [1.807, 2.05) is 6.20 Å². The molecule has 128 valence electrons. The highest BCUT2D eigenvalue weighted by molar-refractivity contribution is 7.89. The van der Waals surface area contributed by atoms with Crippen molar-refractivity contribution in [2.75, 3.05) is 13.1 Å². The van der Waals surface area contributed by atoms with Gasteiger partial charge in [0.1, 0.15) is 0 Å². The second kappa shape index (κ2) is 5.59. The van der Waals surface area contributed by atoms with Crippen molar-refractivity contribution in [1.29, 1.82) is 0 Å². The summed E-state index contributed by atoms with van der Waals surface area (Å²) in [5.74, 6) is -1.75. The standard InChI is InChI=1S/C15H16F2N4O2S/c16-13-4-3-12(7-14(13)17)24(22,23)20-6-5-11(8-20)21-9-15(18-19-21)10-1-2-10/h3-4,7,9-11H,1-2,5-6,8H2. The normalized spacial score (nSPS) is 22.2.